The summed E-state index contributed by atoms with van der Waals surface area (Å²) in [7, 11) is 0. The lowest BCUT2D eigenvalue weighted by atomic mass is 10.6. The largest absolute Gasteiger partial charge is 0.462 e. The molecular formula is C8H18N2O3S2. The Morgan fingerprint density at radius 1 is 1.27 bits per heavy atom. The molecule has 0 heterocycles. The molecule has 0 aromatic carbocycles. The number of hydrogen-bond acceptors (Lipinski definition) is 7. The van der Waals surface area contributed by atoms with E-state index in [2.05, 4.69) is 0 Å². The third kappa shape index (κ3) is 9.01. The van der Waals surface area contributed by atoms with Crippen molar-refractivity contribution in [3.05, 3.63) is 0 Å². The molecule has 0 spiro atoms. The predicted octanol–water partition coefficient (Wildman–Crippen LogP) is 0.363. The maximum Gasteiger partial charge on any atom is 0.322 e. The van der Waals surface area contributed by atoms with Crippen LogP contribution in [0.4, 0.5) is 0 Å². The molecule has 5 nitrogen and oxygen atoms in total. The minimum atomic E-state index is -0.241. The van der Waals surface area contributed by atoms with E-state index in [0.717, 1.165) is 0 Å². The third-order valence-electron chi connectivity index (χ3n) is 1.42. The van der Waals surface area contributed by atoms with Crippen LogP contribution in [-0.4, -0.2) is 55.1 Å². The number of nitrogens with zero attached hydrogens (tertiary/aromatic N) is 1. The topological polar surface area (TPSA) is 64.8 Å². The van der Waals surface area contributed by atoms with Gasteiger partial charge in [0.2, 0.25) is 0 Å². The highest BCUT2D eigenvalue weighted by Crippen LogP contribution is 2.15. The van der Waals surface area contributed by atoms with Crippen LogP contribution in [0.15, 0.2) is 0 Å². The highest BCUT2D eigenvalue weighted by Gasteiger charge is 2.09. The third-order valence-corrected chi connectivity index (χ3v) is 3.39. The molecule has 0 atom stereocenters. The smallest absolute Gasteiger partial charge is 0.322 e. The molecule has 0 aromatic heterocycles. The van der Waals surface area contributed by atoms with Crippen molar-refractivity contribution in [3.63, 3.8) is 0 Å². The van der Waals surface area contributed by atoms with E-state index in [0.29, 0.717) is 19.8 Å². The summed E-state index contributed by atoms with van der Waals surface area (Å²) in [6, 6.07) is 0. The van der Waals surface area contributed by atoms with Gasteiger partial charge in [0.25, 0.3) is 0 Å². The Kier molecular flexibility index (Phi) is 10.6. The number of rotatable bonds is 9. The average Bonchev–Trinajstić information content (AvgIpc) is 2.25. The average molecular weight is 254 g/mol. The number of ether oxygens (including phenoxy) is 2. The Hall–Kier alpha value is 0.0500. The van der Waals surface area contributed by atoms with E-state index < -0.39 is 0 Å². The zero-order valence-electron chi connectivity index (χ0n) is 9.10. The summed E-state index contributed by atoms with van der Waals surface area (Å²) < 4.78 is 11.9. The fourth-order valence-corrected chi connectivity index (χ4v) is 1.82. The van der Waals surface area contributed by atoms with Crippen LogP contribution in [0.3, 0.4) is 0 Å². The fourth-order valence-electron chi connectivity index (χ4n) is 0.755. The van der Waals surface area contributed by atoms with Gasteiger partial charge in [-0.25, -0.2) is 0 Å². The van der Waals surface area contributed by atoms with Gasteiger partial charge < -0.3 is 15.2 Å². The molecule has 2 N–H and O–H groups in total. The van der Waals surface area contributed by atoms with Gasteiger partial charge in [0.1, 0.15) is 13.2 Å². The van der Waals surface area contributed by atoms with E-state index in [1.807, 2.05) is 16.2 Å². The maximum absolute atomic E-state index is 11.2. The Morgan fingerprint density at radius 3 is 2.47 bits per heavy atom. The first-order chi connectivity index (χ1) is 7.24. The van der Waals surface area contributed by atoms with Gasteiger partial charge in [-0.05, 0) is 12.5 Å². The molecule has 90 valence electrons. The van der Waals surface area contributed by atoms with Crippen molar-refractivity contribution in [2.24, 2.45) is 5.73 Å². The van der Waals surface area contributed by atoms with Gasteiger partial charge in [0, 0.05) is 6.54 Å². The van der Waals surface area contributed by atoms with Gasteiger partial charge in [-0.3, -0.25) is 4.79 Å². The van der Waals surface area contributed by atoms with Crippen molar-refractivity contribution in [2.75, 3.05) is 45.4 Å². The molecule has 0 aliphatic heterocycles. The van der Waals surface area contributed by atoms with Crippen LogP contribution < -0.4 is 5.73 Å². The highest BCUT2D eigenvalue weighted by molar-refractivity contribution is 8.11. The second-order valence-electron chi connectivity index (χ2n) is 2.48. The standard InChI is InChI=1S/C8H18N2O3S2/c1-14-10(15-2)7-8(11)13-6-5-12-4-3-9/h3-7,9H2,1-2H3. The van der Waals surface area contributed by atoms with Crippen LogP contribution in [0.5, 0.6) is 0 Å². The molecule has 0 unspecified atom stereocenters. The zero-order chi connectivity index (χ0) is 11.5. The molecule has 0 saturated carbocycles. The quantitative estimate of drug-likeness (QED) is 0.362. The molecule has 0 saturated heterocycles. The SMILES string of the molecule is CSN(CC(=O)OCCOCCN)SC. The van der Waals surface area contributed by atoms with Gasteiger partial charge in [0.15, 0.2) is 0 Å². The van der Waals surface area contributed by atoms with Crippen molar-refractivity contribution < 1.29 is 14.3 Å². The molecule has 0 rings (SSSR count). The summed E-state index contributed by atoms with van der Waals surface area (Å²) in [5.41, 5.74) is 5.23. The summed E-state index contributed by atoms with van der Waals surface area (Å²) in [5, 5.41) is 0. The lowest BCUT2D eigenvalue weighted by Gasteiger charge is -2.14. The monoisotopic (exact) mass is 254 g/mol. The Bertz CT molecular complexity index is 168. The first-order valence-electron chi connectivity index (χ1n) is 4.53. The van der Waals surface area contributed by atoms with Crippen molar-refractivity contribution in [2.45, 2.75) is 0 Å². The highest BCUT2D eigenvalue weighted by atomic mass is 32.2. The second kappa shape index (κ2) is 10.6. The molecule has 0 aliphatic carbocycles. The van der Waals surface area contributed by atoms with E-state index in [9.17, 15) is 4.79 Å². The lowest BCUT2D eigenvalue weighted by Crippen LogP contribution is -2.22. The number of carbonyl (C=O) groups is 1. The van der Waals surface area contributed by atoms with Gasteiger partial charge in [-0.15, -0.1) is 0 Å². The summed E-state index contributed by atoms with van der Waals surface area (Å²) in [4.78, 5) is 11.2. The van der Waals surface area contributed by atoms with Gasteiger partial charge in [-0.1, -0.05) is 23.9 Å². The first-order valence-corrected chi connectivity index (χ1v) is 6.90. The van der Waals surface area contributed by atoms with Crippen molar-refractivity contribution in [1.82, 2.24) is 3.71 Å². The van der Waals surface area contributed by atoms with E-state index >= 15 is 0 Å². The molecular weight excluding hydrogens is 236 g/mol. The summed E-state index contributed by atoms with van der Waals surface area (Å²) >= 11 is 2.99. The number of carbonyl (C=O) groups excluding carboxylic acids is 1. The van der Waals surface area contributed by atoms with Gasteiger partial charge in [-0.2, -0.15) is 3.71 Å². The normalized spacial score (nSPS) is 10.7. The van der Waals surface area contributed by atoms with Gasteiger partial charge in [0.05, 0.1) is 13.2 Å². The Morgan fingerprint density at radius 2 is 1.93 bits per heavy atom. The molecule has 7 heteroatoms. The van der Waals surface area contributed by atoms with Crippen LogP contribution in [-0.2, 0) is 14.3 Å². The van der Waals surface area contributed by atoms with Crippen LogP contribution >= 0.6 is 23.9 Å². The van der Waals surface area contributed by atoms with Crippen molar-refractivity contribution in [1.29, 1.82) is 0 Å². The van der Waals surface area contributed by atoms with Crippen molar-refractivity contribution >= 4 is 29.9 Å². The lowest BCUT2D eigenvalue weighted by molar-refractivity contribution is -0.144. The van der Waals surface area contributed by atoms with E-state index in [4.69, 9.17) is 15.2 Å². The number of nitrogens with two attached hydrogens (primary N) is 1. The molecule has 0 fully saturated rings. The Labute approximate surface area is 99.3 Å². The number of esters is 1. The van der Waals surface area contributed by atoms with E-state index in [-0.39, 0.29) is 19.1 Å². The Balaban J connectivity index is 3.40. The van der Waals surface area contributed by atoms with E-state index in [1.54, 1.807) is 0 Å². The molecule has 0 amide bonds. The molecule has 0 bridgehead atoms. The van der Waals surface area contributed by atoms with Crippen LogP contribution in [0.25, 0.3) is 0 Å². The summed E-state index contributed by atoms with van der Waals surface area (Å²) in [5.74, 6) is -0.241. The van der Waals surface area contributed by atoms with Crippen LogP contribution in [0, 0.1) is 0 Å². The zero-order valence-corrected chi connectivity index (χ0v) is 10.7. The van der Waals surface area contributed by atoms with Crippen LogP contribution in [0.2, 0.25) is 0 Å². The van der Waals surface area contributed by atoms with Crippen LogP contribution in [0.1, 0.15) is 0 Å². The minimum absolute atomic E-state index is 0.241. The number of hydrogen-bond donors (Lipinski definition) is 1. The van der Waals surface area contributed by atoms with Gasteiger partial charge >= 0.3 is 5.97 Å². The van der Waals surface area contributed by atoms with Crippen molar-refractivity contribution in [3.8, 4) is 0 Å². The molecule has 15 heavy (non-hydrogen) atoms. The molecule has 0 aliphatic rings. The molecule has 0 radical (unpaired) electrons. The predicted molar refractivity (Wildman–Crippen MR) is 64.6 cm³/mol. The summed E-state index contributed by atoms with van der Waals surface area (Å²) in [6.07, 6.45) is 3.82. The summed E-state index contributed by atoms with van der Waals surface area (Å²) in [6.45, 7) is 1.95. The maximum atomic E-state index is 11.2. The van der Waals surface area contributed by atoms with E-state index in [1.165, 1.54) is 23.9 Å². The second-order valence-corrected chi connectivity index (χ2v) is 4.32. The minimum Gasteiger partial charge on any atom is -0.462 e. The molecule has 0 aromatic rings. The fraction of sp³-hybridized carbons (Fsp3) is 0.875. The first kappa shape index (κ1) is 15.0.